The average molecular weight is 946 g/mol. The smallest absolute Gasteiger partial charge is 0.301 e. The number of nitrogens with zero attached hydrogens (tertiary/aromatic N) is 7. The predicted molar refractivity (Wildman–Crippen MR) is 248 cm³/mol. The number of alkyl halides is 1. The molecule has 10 rings (SSSR count). The van der Waals surface area contributed by atoms with Gasteiger partial charge in [0.1, 0.15) is 35.9 Å². The van der Waals surface area contributed by atoms with Gasteiger partial charge in [0, 0.05) is 56.9 Å². The van der Waals surface area contributed by atoms with E-state index >= 15 is 4.39 Å². The summed E-state index contributed by atoms with van der Waals surface area (Å²) >= 11 is 0. The molecule has 4 fully saturated rings. The van der Waals surface area contributed by atoms with Gasteiger partial charge in [-0.3, -0.25) is 33.8 Å². The Hall–Kier alpha value is -6.75. The number of benzene rings is 4. The summed E-state index contributed by atoms with van der Waals surface area (Å²) < 4.78 is 65.2. The van der Waals surface area contributed by atoms with Gasteiger partial charge in [-0.25, -0.2) is 13.8 Å². The summed E-state index contributed by atoms with van der Waals surface area (Å²) in [5, 5.41) is 12.5. The number of aromatic nitrogens is 2. The van der Waals surface area contributed by atoms with Gasteiger partial charge < -0.3 is 19.4 Å². The van der Waals surface area contributed by atoms with Crippen LogP contribution < -0.4 is 25.2 Å². The number of nitriles is 1. The number of carbonyl (C=O) groups is 3. The highest BCUT2D eigenvalue weighted by Crippen LogP contribution is 2.37. The van der Waals surface area contributed by atoms with E-state index in [2.05, 4.69) is 37.0 Å². The maximum Gasteiger partial charge on any atom is 0.301 e. The maximum atomic E-state index is 15.2. The van der Waals surface area contributed by atoms with Crippen molar-refractivity contribution in [1.82, 2.24) is 29.0 Å². The quantitative estimate of drug-likeness (QED) is 0.154. The van der Waals surface area contributed by atoms with Crippen molar-refractivity contribution in [3.05, 3.63) is 118 Å². The fourth-order valence-corrected chi connectivity index (χ4v) is 11.6. The number of rotatable bonds is 11. The molecule has 0 aliphatic carbocycles. The Morgan fingerprint density at radius 2 is 1.63 bits per heavy atom. The van der Waals surface area contributed by atoms with Crippen LogP contribution in [0.3, 0.4) is 0 Å². The van der Waals surface area contributed by atoms with E-state index in [1.165, 1.54) is 34.7 Å². The summed E-state index contributed by atoms with van der Waals surface area (Å²) in [7, 11) is -4.24. The normalized spacial score (nSPS) is 21.0. The minimum absolute atomic E-state index is 0.0185. The highest BCUT2D eigenvalue weighted by Gasteiger charge is 2.40. The van der Waals surface area contributed by atoms with Crippen molar-refractivity contribution in [2.75, 3.05) is 55.4 Å². The molecule has 16 nitrogen and oxygen atoms in total. The van der Waals surface area contributed by atoms with Crippen molar-refractivity contribution in [1.29, 1.82) is 5.26 Å². The molecule has 19 heteroatoms. The van der Waals surface area contributed by atoms with Gasteiger partial charge in [0.2, 0.25) is 11.8 Å². The van der Waals surface area contributed by atoms with E-state index in [4.69, 9.17) is 4.74 Å². The van der Waals surface area contributed by atoms with Crippen LogP contribution in [-0.2, 0) is 26.3 Å². The number of imide groups is 1. The van der Waals surface area contributed by atoms with Crippen LogP contribution in [0.4, 0.5) is 20.2 Å². The number of nitrogens with one attached hydrogen (secondary N) is 2. The standard InChI is InChI=1S/C49H49F2N9O7S/c50-34-17-22-58(28-34)68(65,66)55-43-10-8-41(51)46(40(43)25-52)67-37-6-9-42-39(24-37)49(64)60(29-53-42)36-4-2-35(3-5-36)57-20-13-30(14-21-57)26-56-18-15-31(16-19-56)32-1-7-38-33(23-32)27-59(48(38)63)44-11-12-45(61)54-47(44)62/h1-10,23-24,29-31,34,44,55H,11-22,26-28H2,(H,54,61,62)/t34-,44?/m1/s1. The van der Waals surface area contributed by atoms with E-state index in [1.54, 1.807) is 11.0 Å². The van der Waals surface area contributed by atoms with Crippen molar-refractivity contribution in [2.45, 2.75) is 69.6 Å². The third-order valence-corrected chi connectivity index (χ3v) is 15.6. The van der Waals surface area contributed by atoms with Crippen LogP contribution in [0.5, 0.6) is 11.5 Å². The van der Waals surface area contributed by atoms with Gasteiger partial charge in [0.15, 0.2) is 11.6 Å². The number of hydrogen-bond acceptors (Lipinski definition) is 11. The number of ether oxygens (including phenoxy) is 1. The van der Waals surface area contributed by atoms with Crippen molar-refractivity contribution in [3.63, 3.8) is 0 Å². The van der Waals surface area contributed by atoms with Crippen molar-refractivity contribution >= 4 is 50.2 Å². The first-order valence-corrected chi connectivity index (χ1v) is 24.4. The highest BCUT2D eigenvalue weighted by atomic mass is 32.2. The number of fused-ring (bicyclic) bond motifs is 2. The molecule has 4 aromatic carbocycles. The molecule has 0 spiro atoms. The molecule has 0 saturated carbocycles. The fourth-order valence-electron chi connectivity index (χ4n) is 10.3. The Labute approximate surface area is 391 Å². The third-order valence-electron chi connectivity index (χ3n) is 14.1. The number of halogens is 2. The number of piperidine rings is 3. The monoisotopic (exact) mass is 945 g/mol. The zero-order chi connectivity index (χ0) is 47.3. The lowest BCUT2D eigenvalue weighted by atomic mass is 9.87. The van der Waals surface area contributed by atoms with Crippen LogP contribution in [0.25, 0.3) is 16.6 Å². The zero-order valence-corrected chi connectivity index (χ0v) is 37.9. The van der Waals surface area contributed by atoms with Crippen LogP contribution in [0.1, 0.15) is 77.9 Å². The van der Waals surface area contributed by atoms with E-state index in [-0.39, 0.29) is 54.6 Å². The highest BCUT2D eigenvalue weighted by molar-refractivity contribution is 7.90. The molecule has 5 aliphatic heterocycles. The molecule has 2 atom stereocenters. The molecule has 5 aromatic rings. The summed E-state index contributed by atoms with van der Waals surface area (Å²) in [6, 6.07) is 21.5. The first-order valence-electron chi connectivity index (χ1n) is 23.0. The Kier molecular flexibility index (Phi) is 12.2. The lowest BCUT2D eigenvalue weighted by Gasteiger charge is -2.38. The molecule has 5 aliphatic rings. The number of anilines is 2. The summed E-state index contributed by atoms with van der Waals surface area (Å²) in [5.74, 6) is -1.32. The second kappa shape index (κ2) is 18.4. The van der Waals surface area contributed by atoms with Gasteiger partial charge in [0.25, 0.3) is 11.5 Å². The Balaban J connectivity index is 0.733. The predicted octanol–water partition coefficient (Wildman–Crippen LogP) is 5.75. The Morgan fingerprint density at radius 3 is 2.35 bits per heavy atom. The third kappa shape index (κ3) is 8.91. The molecule has 1 aromatic heterocycles. The molecular formula is C49H49F2N9O7S. The van der Waals surface area contributed by atoms with Gasteiger partial charge in [-0.2, -0.15) is 18.0 Å². The minimum Gasteiger partial charge on any atom is -0.453 e. The van der Waals surface area contributed by atoms with E-state index in [0.717, 1.165) is 86.1 Å². The second-order valence-electron chi connectivity index (χ2n) is 18.3. The molecular weight excluding hydrogens is 897 g/mol. The van der Waals surface area contributed by atoms with Crippen molar-refractivity contribution in [3.8, 4) is 23.3 Å². The molecule has 0 radical (unpaired) electrons. The number of likely N-dealkylation sites (tertiary alicyclic amines) is 1. The van der Waals surface area contributed by atoms with Crippen LogP contribution in [0.2, 0.25) is 0 Å². The molecule has 4 saturated heterocycles. The van der Waals surface area contributed by atoms with Gasteiger partial charge in [-0.05, 0) is 135 Å². The molecule has 2 N–H and O–H groups in total. The SMILES string of the molecule is N#Cc1c(NS(=O)(=O)N2CC[C@@H](F)C2)ccc(F)c1Oc1ccc2ncn(-c3ccc(N4CCC(CN5CCC(c6ccc7c(c6)CN(C6CCC(=O)NC6=O)C7=O)CC5)CC4)cc3)c(=O)c2c1. The largest absolute Gasteiger partial charge is 0.453 e. The van der Waals surface area contributed by atoms with Crippen LogP contribution >= 0.6 is 0 Å². The summed E-state index contributed by atoms with van der Waals surface area (Å²) in [6.45, 7) is 4.89. The van der Waals surface area contributed by atoms with Gasteiger partial charge in [-0.15, -0.1) is 0 Å². The van der Waals surface area contributed by atoms with E-state index < -0.39 is 51.0 Å². The number of hydrogen-bond donors (Lipinski definition) is 2. The Morgan fingerprint density at radius 1 is 0.868 bits per heavy atom. The Bertz CT molecular complexity index is 3040. The topological polar surface area (TPSA) is 190 Å². The van der Waals surface area contributed by atoms with E-state index in [1.807, 2.05) is 30.3 Å². The molecule has 1 unspecified atom stereocenters. The molecule has 68 heavy (non-hydrogen) atoms. The van der Waals surface area contributed by atoms with Gasteiger partial charge >= 0.3 is 10.2 Å². The van der Waals surface area contributed by atoms with Crippen LogP contribution in [-0.4, -0.2) is 108 Å². The second-order valence-corrected chi connectivity index (χ2v) is 20.0. The molecule has 0 bridgehead atoms. The van der Waals surface area contributed by atoms with Gasteiger partial charge in [0.05, 0.1) is 22.3 Å². The summed E-state index contributed by atoms with van der Waals surface area (Å²) in [5.41, 5.74) is 3.76. The minimum atomic E-state index is -4.24. The lowest BCUT2D eigenvalue weighted by molar-refractivity contribution is -0.136. The molecule has 352 valence electrons. The fraction of sp³-hybridized carbons (Fsp3) is 0.388. The maximum absolute atomic E-state index is 15.2. The zero-order valence-electron chi connectivity index (χ0n) is 37.1. The van der Waals surface area contributed by atoms with Crippen LogP contribution in [0, 0.1) is 23.1 Å². The number of carbonyl (C=O) groups excluding carboxylic acids is 3. The average Bonchev–Trinajstić information content (AvgIpc) is 3.93. The number of amides is 3. The van der Waals surface area contributed by atoms with Crippen molar-refractivity contribution in [2.24, 2.45) is 5.92 Å². The first-order chi connectivity index (χ1) is 32.8. The van der Waals surface area contributed by atoms with E-state index in [0.29, 0.717) is 41.6 Å². The van der Waals surface area contributed by atoms with Crippen LogP contribution in [0.15, 0.2) is 83.9 Å². The lowest BCUT2D eigenvalue weighted by Crippen LogP contribution is -2.52. The van der Waals surface area contributed by atoms with E-state index in [9.17, 15) is 37.2 Å². The summed E-state index contributed by atoms with van der Waals surface area (Å²) in [4.78, 5) is 62.2. The molecule has 6 heterocycles. The van der Waals surface area contributed by atoms with Crippen molar-refractivity contribution < 1.29 is 36.3 Å². The molecule has 3 amide bonds. The first kappa shape index (κ1) is 45.1. The summed E-state index contributed by atoms with van der Waals surface area (Å²) in [6.07, 6.45) is 4.95. The van der Waals surface area contributed by atoms with Gasteiger partial charge in [-0.1, -0.05) is 12.1 Å².